The summed E-state index contributed by atoms with van der Waals surface area (Å²) in [5.74, 6) is -1.94. The van der Waals surface area contributed by atoms with Crippen molar-refractivity contribution >= 4 is 11.9 Å². The highest BCUT2D eigenvalue weighted by atomic mass is 16.4. The summed E-state index contributed by atoms with van der Waals surface area (Å²) in [5.41, 5.74) is -0.207. The van der Waals surface area contributed by atoms with Gasteiger partial charge in [-0.15, -0.1) is 0 Å². The summed E-state index contributed by atoms with van der Waals surface area (Å²) >= 11 is 0. The van der Waals surface area contributed by atoms with E-state index in [1.165, 1.54) is 17.1 Å². The quantitative estimate of drug-likeness (QED) is 0.661. The van der Waals surface area contributed by atoms with E-state index in [0.717, 1.165) is 12.4 Å². The minimum atomic E-state index is -1.25. The number of carbonyl (C=O) groups excluding carboxylic acids is 1. The van der Waals surface area contributed by atoms with Gasteiger partial charge < -0.3 is 15.4 Å². The number of aromatic amines is 1. The van der Waals surface area contributed by atoms with Crippen LogP contribution in [0.25, 0.3) is 0 Å². The summed E-state index contributed by atoms with van der Waals surface area (Å²) in [4.78, 5) is 39.8. The number of aryl methyl sites for hydroxylation is 1. The van der Waals surface area contributed by atoms with Crippen LogP contribution in [0.15, 0.2) is 29.6 Å². The first-order chi connectivity index (χ1) is 9.47. The number of carboxylic acids is 1. The molecule has 0 aliphatic rings. The van der Waals surface area contributed by atoms with E-state index in [-0.39, 0.29) is 5.69 Å². The van der Waals surface area contributed by atoms with E-state index in [2.05, 4.69) is 20.4 Å². The molecule has 0 saturated carbocycles. The summed E-state index contributed by atoms with van der Waals surface area (Å²) in [5, 5.41) is 15.3. The van der Waals surface area contributed by atoms with Gasteiger partial charge in [0.05, 0.1) is 12.4 Å². The van der Waals surface area contributed by atoms with Crippen molar-refractivity contribution in [1.82, 2.24) is 25.1 Å². The highest BCUT2D eigenvalue weighted by Crippen LogP contribution is 2.12. The van der Waals surface area contributed by atoms with Gasteiger partial charge >= 0.3 is 5.97 Å². The molecule has 9 nitrogen and oxygen atoms in total. The molecule has 0 aliphatic heterocycles. The standard InChI is InChI=1S/C11H11N5O4/c1-16-5-6(2-14-16)9(11(19)20)15-10(18)7-3-13-8(17)4-12-7/h2-5,9H,1H3,(H,13,17)(H,15,18)(H,19,20). The van der Waals surface area contributed by atoms with Crippen LogP contribution >= 0.6 is 0 Å². The van der Waals surface area contributed by atoms with Gasteiger partial charge in [0.2, 0.25) is 0 Å². The lowest BCUT2D eigenvalue weighted by Crippen LogP contribution is -2.34. The average molecular weight is 277 g/mol. The van der Waals surface area contributed by atoms with Crippen molar-refractivity contribution < 1.29 is 14.7 Å². The van der Waals surface area contributed by atoms with Crippen molar-refractivity contribution in [3.05, 3.63) is 46.4 Å². The van der Waals surface area contributed by atoms with Gasteiger partial charge in [-0.25, -0.2) is 9.78 Å². The van der Waals surface area contributed by atoms with Crippen molar-refractivity contribution in [2.45, 2.75) is 6.04 Å². The topological polar surface area (TPSA) is 130 Å². The largest absolute Gasteiger partial charge is 0.479 e. The van der Waals surface area contributed by atoms with Crippen LogP contribution in [-0.2, 0) is 11.8 Å². The van der Waals surface area contributed by atoms with E-state index >= 15 is 0 Å². The van der Waals surface area contributed by atoms with Gasteiger partial charge in [0, 0.05) is 25.0 Å². The van der Waals surface area contributed by atoms with Crippen LogP contribution in [0.4, 0.5) is 0 Å². The third-order valence-electron chi connectivity index (χ3n) is 2.49. The number of nitrogens with zero attached hydrogens (tertiary/aromatic N) is 3. The Morgan fingerprint density at radius 2 is 2.20 bits per heavy atom. The smallest absolute Gasteiger partial charge is 0.331 e. The number of hydrogen-bond donors (Lipinski definition) is 3. The Bertz CT molecular complexity index is 684. The number of nitrogens with one attached hydrogen (secondary N) is 2. The van der Waals surface area contributed by atoms with Gasteiger partial charge in [-0.05, 0) is 0 Å². The van der Waals surface area contributed by atoms with Crippen molar-refractivity contribution in [1.29, 1.82) is 0 Å². The van der Waals surface area contributed by atoms with E-state index in [1.807, 2.05) is 0 Å². The summed E-state index contributed by atoms with van der Waals surface area (Å²) in [6, 6.07) is -1.25. The summed E-state index contributed by atoms with van der Waals surface area (Å²) in [6.45, 7) is 0. The lowest BCUT2D eigenvalue weighted by molar-refractivity contribution is -0.139. The molecule has 1 unspecified atom stereocenters. The maximum Gasteiger partial charge on any atom is 0.331 e. The second-order valence-corrected chi connectivity index (χ2v) is 3.99. The molecule has 0 fully saturated rings. The number of amides is 1. The molecule has 1 amide bonds. The fourth-order valence-corrected chi connectivity index (χ4v) is 1.55. The first-order valence-corrected chi connectivity index (χ1v) is 5.54. The summed E-state index contributed by atoms with van der Waals surface area (Å²) in [6.07, 6.45) is 4.88. The van der Waals surface area contributed by atoms with E-state index < -0.39 is 23.5 Å². The van der Waals surface area contributed by atoms with Crippen molar-refractivity contribution in [3.63, 3.8) is 0 Å². The molecule has 3 N–H and O–H groups in total. The Morgan fingerprint density at radius 1 is 1.45 bits per heavy atom. The van der Waals surface area contributed by atoms with Crippen LogP contribution in [0.2, 0.25) is 0 Å². The predicted molar refractivity (Wildman–Crippen MR) is 65.9 cm³/mol. The number of aliphatic carboxylic acids is 1. The molecule has 2 rings (SSSR count). The Kier molecular flexibility index (Phi) is 3.60. The molecule has 2 aromatic rings. The second kappa shape index (κ2) is 5.34. The molecule has 0 aromatic carbocycles. The molecular weight excluding hydrogens is 266 g/mol. The molecule has 104 valence electrons. The van der Waals surface area contributed by atoms with Crippen LogP contribution in [0.1, 0.15) is 22.1 Å². The third kappa shape index (κ3) is 2.88. The molecule has 1 atom stereocenters. The molecule has 9 heteroatoms. The lowest BCUT2D eigenvalue weighted by atomic mass is 10.1. The van der Waals surface area contributed by atoms with Gasteiger partial charge in [-0.2, -0.15) is 5.10 Å². The van der Waals surface area contributed by atoms with Crippen LogP contribution in [0.3, 0.4) is 0 Å². The van der Waals surface area contributed by atoms with Gasteiger partial charge in [0.15, 0.2) is 6.04 Å². The fraction of sp³-hybridized carbons (Fsp3) is 0.182. The van der Waals surface area contributed by atoms with Crippen molar-refractivity contribution in [2.24, 2.45) is 7.05 Å². The highest BCUT2D eigenvalue weighted by molar-refractivity contribution is 5.94. The molecule has 0 spiro atoms. The molecule has 2 heterocycles. The van der Waals surface area contributed by atoms with Crippen LogP contribution < -0.4 is 10.9 Å². The highest BCUT2D eigenvalue weighted by Gasteiger charge is 2.24. The normalized spacial score (nSPS) is 11.8. The van der Waals surface area contributed by atoms with E-state index in [4.69, 9.17) is 5.11 Å². The molecular formula is C11H11N5O4. The number of carboxylic acid groups (broad SMARTS) is 1. The predicted octanol–water partition coefficient (Wildman–Crippen LogP) is -0.941. The van der Waals surface area contributed by atoms with Gasteiger partial charge in [-0.3, -0.25) is 14.3 Å². The molecule has 0 aliphatic carbocycles. The number of hydrogen-bond acceptors (Lipinski definition) is 5. The number of H-pyrrole nitrogens is 1. The average Bonchev–Trinajstić information content (AvgIpc) is 2.82. The monoisotopic (exact) mass is 277 g/mol. The Morgan fingerprint density at radius 3 is 2.70 bits per heavy atom. The van der Waals surface area contributed by atoms with Gasteiger partial charge in [0.25, 0.3) is 11.5 Å². The molecule has 0 bridgehead atoms. The summed E-state index contributed by atoms with van der Waals surface area (Å²) < 4.78 is 1.43. The minimum Gasteiger partial charge on any atom is -0.479 e. The van der Waals surface area contributed by atoms with Gasteiger partial charge in [0.1, 0.15) is 5.69 Å². The minimum absolute atomic E-state index is 0.0836. The molecule has 0 radical (unpaired) electrons. The first kappa shape index (κ1) is 13.5. The Hall–Kier alpha value is -2.97. The van der Waals surface area contributed by atoms with E-state index in [0.29, 0.717) is 5.56 Å². The second-order valence-electron chi connectivity index (χ2n) is 3.99. The Balaban J connectivity index is 2.20. The van der Waals surface area contributed by atoms with Crippen LogP contribution in [0, 0.1) is 0 Å². The zero-order valence-corrected chi connectivity index (χ0v) is 10.4. The molecule has 0 saturated heterocycles. The van der Waals surface area contributed by atoms with Crippen molar-refractivity contribution in [3.8, 4) is 0 Å². The lowest BCUT2D eigenvalue weighted by Gasteiger charge is -2.12. The third-order valence-corrected chi connectivity index (χ3v) is 2.49. The van der Waals surface area contributed by atoms with Crippen molar-refractivity contribution in [2.75, 3.05) is 0 Å². The maximum atomic E-state index is 11.9. The first-order valence-electron chi connectivity index (χ1n) is 5.54. The number of carbonyl (C=O) groups is 2. The maximum absolute atomic E-state index is 11.9. The Labute approximate surface area is 112 Å². The zero-order valence-electron chi connectivity index (χ0n) is 10.4. The molecule has 20 heavy (non-hydrogen) atoms. The fourth-order valence-electron chi connectivity index (χ4n) is 1.55. The van der Waals surface area contributed by atoms with Crippen LogP contribution in [0.5, 0.6) is 0 Å². The SMILES string of the molecule is Cn1cc(C(NC(=O)c2c[nH]c(=O)cn2)C(=O)O)cn1. The number of rotatable bonds is 4. The summed E-state index contributed by atoms with van der Waals surface area (Å²) in [7, 11) is 1.63. The van der Waals surface area contributed by atoms with Gasteiger partial charge in [-0.1, -0.05) is 0 Å². The zero-order chi connectivity index (χ0) is 14.7. The molecule has 2 aromatic heterocycles. The van der Waals surface area contributed by atoms with E-state index in [9.17, 15) is 14.4 Å². The van der Waals surface area contributed by atoms with E-state index in [1.54, 1.807) is 7.05 Å². The van der Waals surface area contributed by atoms with Crippen LogP contribution in [-0.4, -0.2) is 36.7 Å². The number of aromatic nitrogens is 4.